The highest BCUT2D eigenvalue weighted by Gasteiger charge is 2.27. The molecule has 0 spiro atoms. The zero-order valence-electron chi connectivity index (χ0n) is 14.2. The van der Waals surface area contributed by atoms with Gasteiger partial charge in [0.25, 0.3) is 5.56 Å². The first-order valence-corrected chi connectivity index (χ1v) is 8.60. The predicted octanol–water partition coefficient (Wildman–Crippen LogP) is 3.27. The molecule has 0 radical (unpaired) electrons. The molecule has 1 N–H and O–H groups in total. The number of hydrogen-bond donors (Lipinski definition) is 1. The standard InChI is InChI=1S/C20H21N3O2/c1-25-15-10-8-14(9-11-15)19-7-4-12-23(19)13-18-20(24)22-17-6-3-2-5-16(17)21-18/h2-3,5-6,8-11,19H,4,7,12-13H2,1H3,(H,22,24)/t19-/m1/s1. The molecule has 1 aliphatic heterocycles. The number of aromatic amines is 1. The fraction of sp³-hybridized carbons (Fsp3) is 0.300. The van der Waals surface area contributed by atoms with Crippen LogP contribution in [0.2, 0.25) is 0 Å². The molecular weight excluding hydrogens is 314 g/mol. The van der Waals surface area contributed by atoms with Crippen molar-refractivity contribution >= 4 is 11.0 Å². The summed E-state index contributed by atoms with van der Waals surface area (Å²) in [4.78, 5) is 22.3. The second-order valence-corrected chi connectivity index (χ2v) is 6.43. The van der Waals surface area contributed by atoms with Crippen molar-refractivity contribution in [2.24, 2.45) is 0 Å². The molecule has 0 unspecified atom stereocenters. The third-order valence-corrected chi connectivity index (χ3v) is 4.89. The predicted molar refractivity (Wildman–Crippen MR) is 97.7 cm³/mol. The molecule has 0 amide bonds. The Balaban J connectivity index is 1.60. The Morgan fingerprint density at radius 2 is 2.00 bits per heavy atom. The number of H-pyrrole nitrogens is 1. The van der Waals surface area contributed by atoms with Gasteiger partial charge in [-0.2, -0.15) is 0 Å². The summed E-state index contributed by atoms with van der Waals surface area (Å²) in [6, 6.07) is 16.2. The molecule has 0 aliphatic carbocycles. The van der Waals surface area contributed by atoms with Crippen molar-refractivity contribution < 1.29 is 4.74 Å². The first-order chi connectivity index (χ1) is 12.2. The number of nitrogens with zero attached hydrogens (tertiary/aromatic N) is 2. The third kappa shape index (κ3) is 3.15. The van der Waals surface area contributed by atoms with Gasteiger partial charge in [-0.1, -0.05) is 24.3 Å². The van der Waals surface area contributed by atoms with Gasteiger partial charge >= 0.3 is 0 Å². The molecule has 1 atom stereocenters. The first kappa shape index (κ1) is 15.8. The summed E-state index contributed by atoms with van der Waals surface area (Å²) in [5, 5.41) is 0. The number of fused-ring (bicyclic) bond motifs is 1. The van der Waals surface area contributed by atoms with E-state index in [0.717, 1.165) is 36.2 Å². The smallest absolute Gasteiger partial charge is 0.271 e. The van der Waals surface area contributed by atoms with Gasteiger partial charge in [0.05, 0.1) is 18.1 Å². The number of para-hydroxylation sites is 2. The summed E-state index contributed by atoms with van der Waals surface area (Å²) in [6.07, 6.45) is 2.22. The number of rotatable bonds is 4. The van der Waals surface area contributed by atoms with Crippen LogP contribution in [0.5, 0.6) is 5.75 Å². The minimum absolute atomic E-state index is 0.0981. The van der Waals surface area contributed by atoms with Crippen LogP contribution in [0.25, 0.3) is 11.0 Å². The average Bonchev–Trinajstić information content (AvgIpc) is 3.10. The van der Waals surface area contributed by atoms with Crippen LogP contribution in [-0.2, 0) is 6.54 Å². The van der Waals surface area contributed by atoms with Crippen molar-refractivity contribution in [3.05, 3.63) is 70.1 Å². The van der Waals surface area contributed by atoms with E-state index in [1.165, 1.54) is 5.56 Å². The lowest BCUT2D eigenvalue weighted by atomic mass is 10.0. The van der Waals surface area contributed by atoms with E-state index >= 15 is 0 Å². The van der Waals surface area contributed by atoms with Gasteiger partial charge in [-0.05, 0) is 49.2 Å². The molecule has 4 rings (SSSR count). The number of hydrogen-bond acceptors (Lipinski definition) is 4. The summed E-state index contributed by atoms with van der Waals surface area (Å²) in [5.41, 5.74) is 3.36. The van der Waals surface area contributed by atoms with Crippen LogP contribution < -0.4 is 10.3 Å². The number of methoxy groups -OCH3 is 1. The zero-order chi connectivity index (χ0) is 17.2. The highest BCUT2D eigenvalue weighted by molar-refractivity contribution is 5.73. The van der Waals surface area contributed by atoms with Crippen LogP contribution in [0.4, 0.5) is 0 Å². The molecule has 1 fully saturated rings. The monoisotopic (exact) mass is 335 g/mol. The summed E-state index contributed by atoms with van der Waals surface area (Å²) >= 11 is 0. The average molecular weight is 335 g/mol. The Labute approximate surface area is 146 Å². The Bertz CT molecular complexity index is 934. The van der Waals surface area contributed by atoms with E-state index in [1.807, 2.05) is 36.4 Å². The van der Waals surface area contributed by atoms with Gasteiger partial charge in [-0.3, -0.25) is 9.69 Å². The number of ether oxygens (including phenoxy) is 1. The molecule has 2 heterocycles. The highest BCUT2D eigenvalue weighted by Crippen LogP contribution is 2.33. The van der Waals surface area contributed by atoms with Crippen molar-refractivity contribution in [2.45, 2.75) is 25.4 Å². The van der Waals surface area contributed by atoms with E-state index in [0.29, 0.717) is 18.3 Å². The second kappa shape index (κ2) is 6.69. The molecule has 0 bridgehead atoms. The molecule has 2 aromatic carbocycles. The molecule has 1 saturated heterocycles. The van der Waals surface area contributed by atoms with Gasteiger partial charge in [0.2, 0.25) is 0 Å². The first-order valence-electron chi connectivity index (χ1n) is 8.60. The van der Waals surface area contributed by atoms with Crippen LogP contribution >= 0.6 is 0 Å². The minimum atomic E-state index is -0.0981. The van der Waals surface area contributed by atoms with Gasteiger partial charge in [0.1, 0.15) is 11.4 Å². The molecule has 25 heavy (non-hydrogen) atoms. The van der Waals surface area contributed by atoms with E-state index in [2.05, 4.69) is 27.0 Å². The Morgan fingerprint density at radius 1 is 1.20 bits per heavy atom. The molecule has 5 nitrogen and oxygen atoms in total. The third-order valence-electron chi connectivity index (χ3n) is 4.89. The fourth-order valence-electron chi connectivity index (χ4n) is 3.59. The zero-order valence-corrected chi connectivity index (χ0v) is 14.2. The lowest BCUT2D eigenvalue weighted by Gasteiger charge is -2.24. The van der Waals surface area contributed by atoms with Gasteiger partial charge < -0.3 is 9.72 Å². The molecule has 3 aromatic rings. The maximum atomic E-state index is 12.4. The van der Waals surface area contributed by atoms with E-state index in [4.69, 9.17) is 4.74 Å². The van der Waals surface area contributed by atoms with Crippen LogP contribution in [0.3, 0.4) is 0 Å². The Kier molecular flexibility index (Phi) is 4.24. The topological polar surface area (TPSA) is 58.2 Å². The van der Waals surface area contributed by atoms with E-state index in [9.17, 15) is 4.79 Å². The maximum Gasteiger partial charge on any atom is 0.271 e. The molecule has 0 saturated carbocycles. The van der Waals surface area contributed by atoms with Crippen LogP contribution in [0, 0.1) is 0 Å². The summed E-state index contributed by atoms with van der Waals surface area (Å²) in [7, 11) is 1.68. The van der Waals surface area contributed by atoms with Crippen molar-refractivity contribution in [1.82, 2.24) is 14.9 Å². The molecule has 1 aliphatic rings. The lowest BCUT2D eigenvalue weighted by Crippen LogP contribution is -2.28. The van der Waals surface area contributed by atoms with Gasteiger partial charge in [-0.25, -0.2) is 4.98 Å². The molecular formula is C20H21N3O2. The number of benzene rings is 2. The molecule has 128 valence electrons. The number of likely N-dealkylation sites (tertiary alicyclic amines) is 1. The SMILES string of the molecule is COc1ccc([C@H]2CCCN2Cc2nc3ccccc3[nH]c2=O)cc1. The summed E-state index contributed by atoms with van der Waals surface area (Å²) in [5.74, 6) is 0.862. The molecule has 5 heteroatoms. The lowest BCUT2D eigenvalue weighted by molar-refractivity contribution is 0.244. The summed E-state index contributed by atoms with van der Waals surface area (Å²) in [6.45, 7) is 1.54. The highest BCUT2D eigenvalue weighted by atomic mass is 16.5. The molecule has 1 aromatic heterocycles. The largest absolute Gasteiger partial charge is 0.497 e. The Morgan fingerprint density at radius 3 is 2.80 bits per heavy atom. The van der Waals surface area contributed by atoms with Crippen LogP contribution in [0.1, 0.15) is 30.1 Å². The maximum absolute atomic E-state index is 12.4. The number of aromatic nitrogens is 2. The van der Waals surface area contributed by atoms with Crippen LogP contribution in [-0.4, -0.2) is 28.5 Å². The van der Waals surface area contributed by atoms with Crippen molar-refractivity contribution in [3.8, 4) is 5.75 Å². The van der Waals surface area contributed by atoms with Crippen molar-refractivity contribution in [3.63, 3.8) is 0 Å². The van der Waals surface area contributed by atoms with Gasteiger partial charge in [0.15, 0.2) is 0 Å². The normalized spacial score (nSPS) is 17.9. The van der Waals surface area contributed by atoms with Gasteiger partial charge in [0, 0.05) is 12.6 Å². The van der Waals surface area contributed by atoms with Crippen LogP contribution in [0.15, 0.2) is 53.3 Å². The minimum Gasteiger partial charge on any atom is -0.497 e. The van der Waals surface area contributed by atoms with Gasteiger partial charge in [-0.15, -0.1) is 0 Å². The summed E-state index contributed by atoms with van der Waals surface area (Å²) < 4.78 is 5.24. The number of nitrogens with one attached hydrogen (secondary N) is 1. The van der Waals surface area contributed by atoms with E-state index < -0.39 is 0 Å². The second-order valence-electron chi connectivity index (χ2n) is 6.43. The fourth-order valence-corrected chi connectivity index (χ4v) is 3.59. The van der Waals surface area contributed by atoms with E-state index in [-0.39, 0.29) is 5.56 Å². The quantitative estimate of drug-likeness (QED) is 0.795. The van der Waals surface area contributed by atoms with E-state index in [1.54, 1.807) is 7.11 Å². The van der Waals surface area contributed by atoms with Crippen molar-refractivity contribution in [2.75, 3.05) is 13.7 Å². The Hall–Kier alpha value is -2.66. The van der Waals surface area contributed by atoms with Crippen molar-refractivity contribution in [1.29, 1.82) is 0 Å².